The summed E-state index contributed by atoms with van der Waals surface area (Å²) >= 11 is 0. The molecule has 11 heteroatoms. The predicted molar refractivity (Wildman–Crippen MR) is 106 cm³/mol. The third kappa shape index (κ3) is 8.29. The van der Waals surface area contributed by atoms with Gasteiger partial charge >= 0.3 is 11.9 Å². The Morgan fingerprint density at radius 3 is 2.17 bits per heavy atom. The summed E-state index contributed by atoms with van der Waals surface area (Å²) in [6.07, 6.45) is 0.342. The van der Waals surface area contributed by atoms with E-state index in [1.54, 1.807) is 0 Å². The van der Waals surface area contributed by atoms with Gasteiger partial charge in [0.05, 0.1) is 12.0 Å². The molecular formula is C19H26N2O8S. The van der Waals surface area contributed by atoms with Crippen molar-refractivity contribution in [2.24, 2.45) is 5.92 Å². The summed E-state index contributed by atoms with van der Waals surface area (Å²) in [4.78, 5) is 46.5. The number of carbonyl (C=O) groups excluding carboxylic acids is 4. The van der Waals surface area contributed by atoms with Crippen molar-refractivity contribution in [1.29, 1.82) is 0 Å². The van der Waals surface area contributed by atoms with Gasteiger partial charge in [0.1, 0.15) is 12.6 Å². The van der Waals surface area contributed by atoms with Gasteiger partial charge in [0.15, 0.2) is 12.4 Å². The van der Waals surface area contributed by atoms with Crippen molar-refractivity contribution in [3.05, 3.63) is 29.8 Å². The van der Waals surface area contributed by atoms with Gasteiger partial charge in [0.2, 0.25) is 10.0 Å². The Morgan fingerprint density at radius 1 is 1.07 bits per heavy atom. The van der Waals surface area contributed by atoms with Gasteiger partial charge in [-0.2, -0.15) is 4.72 Å². The topological polar surface area (TPSA) is 145 Å². The summed E-state index contributed by atoms with van der Waals surface area (Å²) in [6, 6.07) is 4.31. The molecule has 0 saturated carbocycles. The van der Waals surface area contributed by atoms with E-state index in [-0.39, 0.29) is 16.6 Å². The largest absolute Gasteiger partial charge is 0.467 e. The fourth-order valence-corrected chi connectivity index (χ4v) is 3.34. The lowest BCUT2D eigenvalue weighted by Crippen LogP contribution is -2.44. The maximum atomic E-state index is 12.2. The Morgan fingerprint density at radius 2 is 1.67 bits per heavy atom. The SMILES string of the molecule is COC(=O)C(CC(C)C)NC(=O)COC(=O)CNS(=O)(=O)c1ccc(C(C)=O)cc1. The molecule has 30 heavy (non-hydrogen) atoms. The maximum absolute atomic E-state index is 12.2. The van der Waals surface area contributed by atoms with Crippen LogP contribution in [-0.2, 0) is 33.9 Å². The second kappa shape index (κ2) is 11.4. The van der Waals surface area contributed by atoms with E-state index in [1.165, 1.54) is 38.3 Å². The van der Waals surface area contributed by atoms with Gasteiger partial charge in [0, 0.05) is 5.56 Å². The van der Waals surface area contributed by atoms with Crippen LogP contribution in [0.3, 0.4) is 0 Å². The first-order valence-electron chi connectivity index (χ1n) is 9.09. The highest BCUT2D eigenvalue weighted by atomic mass is 32.2. The molecule has 1 amide bonds. The fraction of sp³-hybridized carbons (Fsp3) is 0.474. The molecule has 0 spiro atoms. The molecule has 0 bridgehead atoms. The average Bonchev–Trinajstić information content (AvgIpc) is 2.69. The minimum atomic E-state index is -4.01. The van der Waals surface area contributed by atoms with Gasteiger partial charge in [-0.1, -0.05) is 26.0 Å². The fourth-order valence-electron chi connectivity index (χ4n) is 2.37. The number of sulfonamides is 1. The maximum Gasteiger partial charge on any atom is 0.328 e. The van der Waals surface area contributed by atoms with Crippen molar-refractivity contribution in [3.63, 3.8) is 0 Å². The lowest BCUT2D eigenvalue weighted by atomic mass is 10.0. The highest BCUT2D eigenvalue weighted by molar-refractivity contribution is 7.89. The molecule has 0 heterocycles. The molecule has 0 aliphatic heterocycles. The third-order valence-electron chi connectivity index (χ3n) is 3.87. The molecule has 1 unspecified atom stereocenters. The molecule has 0 fully saturated rings. The Balaban J connectivity index is 2.54. The summed E-state index contributed by atoms with van der Waals surface area (Å²) in [5, 5.41) is 2.41. The van der Waals surface area contributed by atoms with Crippen molar-refractivity contribution in [2.45, 2.75) is 38.1 Å². The number of carbonyl (C=O) groups is 4. The molecule has 1 aromatic rings. The number of nitrogens with one attached hydrogen (secondary N) is 2. The van der Waals surface area contributed by atoms with Gasteiger partial charge in [-0.15, -0.1) is 0 Å². The van der Waals surface area contributed by atoms with Crippen molar-refractivity contribution in [2.75, 3.05) is 20.3 Å². The average molecular weight is 442 g/mol. The summed E-state index contributed by atoms with van der Waals surface area (Å²) < 4.78 is 35.8. The first-order chi connectivity index (χ1) is 14.0. The van der Waals surface area contributed by atoms with E-state index in [2.05, 4.69) is 10.1 Å². The van der Waals surface area contributed by atoms with Crippen LogP contribution in [0, 0.1) is 5.92 Å². The molecule has 0 aliphatic carbocycles. The van der Waals surface area contributed by atoms with Gasteiger partial charge in [-0.05, 0) is 31.4 Å². The Hall–Kier alpha value is -2.79. The Kier molecular flexibility index (Phi) is 9.60. The molecule has 166 valence electrons. The third-order valence-corrected chi connectivity index (χ3v) is 5.29. The van der Waals surface area contributed by atoms with Crippen molar-refractivity contribution >= 4 is 33.7 Å². The van der Waals surface area contributed by atoms with E-state index in [1.807, 2.05) is 18.6 Å². The molecule has 0 aromatic heterocycles. The van der Waals surface area contributed by atoms with E-state index in [9.17, 15) is 27.6 Å². The smallest absolute Gasteiger partial charge is 0.328 e. The molecule has 0 saturated heterocycles. The first-order valence-corrected chi connectivity index (χ1v) is 10.6. The van der Waals surface area contributed by atoms with Crippen molar-refractivity contribution in [1.82, 2.24) is 10.0 Å². The van der Waals surface area contributed by atoms with E-state index >= 15 is 0 Å². The lowest BCUT2D eigenvalue weighted by Gasteiger charge is -2.18. The van der Waals surface area contributed by atoms with Crippen LogP contribution in [0.5, 0.6) is 0 Å². The second-order valence-electron chi connectivity index (χ2n) is 6.84. The molecule has 10 nitrogen and oxygen atoms in total. The van der Waals surface area contributed by atoms with Crippen LogP contribution in [0.25, 0.3) is 0 Å². The minimum absolute atomic E-state index is 0.107. The summed E-state index contributed by atoms with van der Waals surface area (Å²) in [7, 11) is -2.81. The second-order valence-corrected chi connectivity index (χ2v) is 8.61. The van der Waals surface area contributed by atoms with Gasteiger partial charge in [0.25, 0.3) is 5.91 Å². The van der Waals surface area contributed by atoms with Crippen LogP contribution in [-0.4, -0.2) is 58.4 Å². The lowest BCUT2D eigenvalue weighted by molar-refractivity contribution is -0.149. The van der Waals surface area contributed by atoms with Crippen LogP contribution < -0.4 is 10.0 Å². The molecule has 1 atom stereocenters. The summed E-state index contributed by atoms with van der Waals surface area (Å²) in [5.41, 5.74) is 0.349. The predicted octanol–water partition coefficient (Wildman–Crippen LogP) is 0.415. The van der Waals surface area contributed by atoms with Gasteiger partial charge in [-0.25, -0.2) is 13.2 Å². The highest BCUT2D eigenvalue weighted by Gasteiger charge is 2.23. The van der Waals surface area contributed by atoms with E-state index in [0.717, 1.165) is 0 Å². The summed E-state index contributed by atoms with van der Waals surface area (Å²) in [6.45, 7) is 3.70. The zero-order chi connectivity index (χ0) is 22.9. The summed E-state index contributed by atoms with van der Waals surface area (Å²) in [5.74, 6) is -2.42. The van der Waals surface area contributed by atoms with Crippen LogP contribution in [0.4, 0.5) is 0 Å². The molecule has 0 radical (unpaired) electrons. The number of ether oxygens (including phenoxy) is 2. The highest BCUT2D eigenvalue weighted by Crippen LogP contribution is 2.11. The molecule has 0 aliphatic rings. The van der Waals surface area contributed by atoms with Gasteiger partial charge in [-0.3, -0.25) is 14.4 Å². The number of Topliss-reactive ketones (excluding diaryl/α,β-unsaturated/α-hetero) is 1. The molecule has 1 rings (SSSR count). The van der Waals surface area contributed by atoms with Crippen molar-refractivity contribution in [3.8, 4) is 0 Å². The number of amides is 1. The van der Waals surface area contributed by atoms with E-state index in [4.69, 9.17) is 4.74 Å². The first kappa shape index (κ1) is 25.2. The monoisotopic (exact) mass is 442 g/mol. The van der Waals surface area contributed by atoms with Crippen LogP contribution >= 0.6 is 0 Å². The van der Waals surface area contributed by atoms with Crippen LogP contribution in [0.15, 0.2) is 29.2 Å². The van der Waals surface area contributed by atoms with E-state index in [0.29, 0.717) is 12.0 Å². The molecule has 2 N–H and O–H groups in total. The van der Waals surface area contributed by atoms with Crippen molar-refractivity contribution < 1.29 is 37.1 Å². The number of hydrogen-bond acceptors (Lipinski definition) is 8. The normalized spacial score (nSPS) is 12.2. The number of esters is 2. The molecular weight excluding hydrogens is 416 g/mol. The number of methoxy groups -OCH3 is 1. The standard InChI is InChI=1S/C19H26N2O8S/c1-12(2)9-16(19(25)28-4)21-17(23)11-29-18(24)10-20-30(26,27)15-7-5-14(6-8-15)13(3)22/h5-8,12,16,20H,9-11H2,1-4H3,(H,21,23). The number of benzene rings is 1. The van der Waals surface area contributed by atoms with E-state index < -0.39 is 47.1 Å². The number of hydrogen-bond donors (Lipinski definition) is 2. The number of ketones is 1. The zero-order valence-electron chi connectivity index (χ0n) is 17.3. The molecule has 1 aromatic carbocycles. The van der Waals surface area contributed by atoms with Gasteiger partial charge < -0.3 is 14.8 Å². The number of rotatable bonds is 11. The zero-order valence-corrected chi connectivity index (χ0v) is 18.1. The Bertz CT molecular complexity index is 878. The Labute approximate surface area is 175 Å². The quantitative estimate of drug-likeness (QED) is 0.370. The van der Waals surface area contributed by atoms with Crippen LogP contribution in [0.1, 0.15) is 37.6 Å². The minimum Gasteiger partial charge on any atom is -0.467 e. The van der Waals surface area contributed by atoms with Crippen LogP contribution in [0.2, 0.25) is 0 Å².